The van der Waals surface area contributed by atoms with E-state index in [0.29, 0.717) is 23.7 Å². The van der Waals surface area contributed by atoms with Crippen molar-refractivity contribution in [3.8, 4) is 0 Å². The summed E-state index contributed by atoms with van der Waals surface area (Å²) in [5, 5.41) is 14.4. The molecule has 2 N–H and O–H groups in total. The Balaban J connectivity index is 2.46. The fraction of sp³-hybridized carbons (Fsp3) is 0.462. The fourth-order valence-electron chi connectivity index (χ4n) is 1.43. The van der Waals surface area contributed by atoms with Gasteiger partial charge < -0.3 is 10.6 Å². The molecule has 0 aliphatic heterocycles. The second-order valence-electron chi connectivity index (χ2n) is 4.72. The summed E-state index contributed by atoms with van der Waals surface area (Å²) in [4.78, 5) is 15.2. The molecular weight excluding hydrogens is 246 g/mol. The number of non-ortho nitro benzene ring substituents is 1. The minimum Gasteiger partial charge on any atom is -0.390 e. The molecule has 0 atom stereocenters. The van der Waals surface area contributed by atoms with E-state index in [0.717, 1.165) is 6.42 Å². The third kappa shape index (κ3) is 5.85. The van der Waals surface area contributed by atoms with Crippen LogP contribution in [0.25, 0.3) is 0 Å². The molecular formula is C13H19N3O3. The lowest BCUT2D eigenvalue weighted by Gasteiger charge is -2.04. The molecule has 0 saturated heterocycles. The molecule has 0 aliphatic carbocycles. The Labute approximate surface area is 112 Å². The molecule has 0 radical (unpaired) electrons. The summed E-state index contributed by atoms with van der Waals surface area (Å²) >= 11 is 0. The van der Waals surface area contributed by atoms with Gasteiger partial charge in [-0.15, -0.1) is 0 Å². The monoisotopic (exact) mass is 265 g/mol. The van der Waals surface area contributed by atoms with Gasteiger partial charge in [-0.2, -0.15) is 0 Å². The lowest BCUT2D eigenvalue weighted by molar-refractivity contribution is -0.384. The van der Waals surface area contributed by atoms with E-state index >= 15 is 0 Å². The van der Waals surface area contributed by atoms with E-state index in [-0.39, 0.29) is 12.3 Å². The molecule has 0 spiro atoms. The summed E-state index contributed by atoms with van der Waals surface area (Å²) in [6, 6.07) is 6.25. The van der Waals surface area contributed by atoms with Gasteiger partial charge in [0.25, 0.3) is 5.69 Å². The molecule has 104 valence electrons. The molecule has 0 fully saturated rings. The number of amidine groups is 1. The van der Waals surface area contributed by atoms with Crippen LogP contribution in [0.3, 0.4) is 0 Å². The van der Waals surface area contributed by atoms with E-state index in [1.807, 2.05) is 0 Å². The summed E-state index contributed by atoms with van der Waals surface area (Å²) in [5.41, 5.74) is 6.41. The first-order valence-corrected chi connectivity index (χ1v) is 6.16. The third-order valence-electron chi connectivity index (χ3n) is 2.51. The minimum absolute atomic E-state index is 0.0397. The van der Waals surface area contributed by atoms with Gasteiger partial charge in [0.2, 0.25) is 0 Å². The van der Waals surface area contributed by atoms with Crippen LogP contribution < -0.4 is 5.73 Å². The number of nitro groups is 1. The summed E-state index contributed by atoms with van der Waals surface area (Å²) in [7, 11) is 0. The quantitative estimate of drug-likeness (QED) is 0.355. The Morgan fingerprint density at radius 2 is 2.26 bits per heavy atom. The Morgan fingerprint density at radius 1 is 1.53 bits per heavy atom. The van der Waals surface area contributed by atoms with Crippen molar-refractivity contribution in [3.63, 3.8) is 0 Å². The average molecular weight is 265 g/mol. The van der Waals surface area contributed by atoms with E-state index < -0.39 is 4.92 Å². The minimum atomic E-state index is -0.441. The van der Waals surface area contributed by atoms with E-state index in [9.17, 15) is 10.1 Å². The van der Waals surface area contributed by atoms with Crippen molar-refractivity contribution in [2.75, 3.05) is 0 Å². The number of oxime groups is 1. The van der Waals surface area contributed by atoms with Crippen LogP contribution in [0.15, 0.2) is 29.4 Å². The second kappa shape index (κ2) is 7.35. The molecule has 6 heteroatoms. The molecule has 6 nitrogen and oxygen atoms in total. The van der Waals surface area contributed by atoms with Crippen molar-refractivity contribution >= 4 is 11.5 Å². The predicted octanol–water partition coefficient (Wildman–Crippen LogP) is 2.82. The highest BCUT2D eigenvalue weighted by Crippen LogP contribution is 2.13. The Morgan fingerprint density at radius 3 is 2.89 bits per heavy atom. The van der Waals surface area contributed by atoms with Crippen LogP contribution in [0.5, 0.6) is 0 Å². The molecule has 0 amide bonds. The SMILES string of the molecule is CC(C)CC/C(N)=N/OCc1cccc([N+](=O)[O-])c1. The Hall–Kier alpha value is -2.11. The van der Waals surface area contributed by atoms with Crippen LogP contribution in [0.2, 0.25) is 0 Å². The molecule has 1 aromatic carbocycles. The number of nitrogens with zero attached hydrogens (tertiary/aromatic N) is 2. The zero-order valence-corrected chi connectivity index (χ0v) is 11.2. The van der Waals surface area contributed by atoms with Gasteiger partial charge in [-0.05, 0) is 17.9 Å². The number of hydrogen-bond acceptors (Lipinski definition) is 4. The maximum atomic E-state index is 10.6. The summed E-state index contributed by atoms with van der Waals surface area (Å²) in [6.07, 6.45) is 1.64. The van der Waals surface area contributed by atoms with Gasteiger partial charge in [0.05, 0.1) is 4.92 Å². The smallest absolute Gasteiger partial charge is 0.269 e. The molecule has 0 saturated carbocycles. The van der Waals surface area contributed by atoms with Crippen molar-refractivity contribution in [1.29, 1.82) is 0 Å². The maximum absolute atomic E-state index is 10.6. The molecule has 0 bridgehead atoms. The molecule has 0 heterocycles. The van der Waals surface area contributed by atoms with Crippen molar-refractivity contribution in [3.05, 3.63) is 39.9 Å². The highest BCUT2D eigenvalue weighted by Gasteiger charge is 2.05. The van der Waals surface area contributed by atoms with Crippen molar-refractivity contribution in [1.82, 2.24) is 0 Å². The first-order valence-electron chi connectivity index (χ1n) is 6.16. The van der Waals surface area contributed by atoms with Gasteiger partial charge in [-0.1, -0.05) is 31.1 Å². The van der Waals surface area contributed by atoms with Crippen LogP contribution in [-0.4, -0.2) is 10.8 Å². The summed E-state index contributed by atoms with van der Waals surface area (Å²) < 4.78 is 0. The summed E-state index contributed by atoms with van der Waals surface area (Å²) in [6.45, 7) is 4.39. The van der Waals surface area contributed by atoms with E-state index in [1.165, 1.54) is 12.1 Å². The van der Waals surface area contributed by atoms with Crippen LogP contribution in [0.1, 0.15) is 32.3 Å². The van der Waals surface area contributed by atoms with E-state index in [4.69, 9.17) is 10.6 Å². The Bertz CT molecular complexity index is 458. The van der Waals surface area contributed by atoms with Gasteiger partial charge in [0.1, 0.15) is 12.4 Å². The van der Waals surface area contributed by atoms with Crippen LogP contribution in [-0.2, 0) is 11.4 Å². The first-order chi connectivity index (χ1) is 8.99. The van der Waals surface area contributed by atoms with Gasteiger partial charge in [-0.3, -0.25) is 10.1 Å². The van der Waals surface area contributed by atoms with Gasteiger partial charge in [0.15, 0.2) is 0 Å². The topological polar surface area (TPSA) is 90.8 Å². The number of nitro benzene ring substituents is 1. The van der Waals surface area contributed by atoms with Crippen LogP contribution in [0.4, 0.5) is 5.69 Å². The van der Waals surface area contributed by atoms with Gasteiger partial charge in [0, 0.05) is 18.6 Å². The van der Waals surface area contributed by atoms with Gasteiger partial charge >= 0.3 is 0 Å². The predicted molar refractivity (Wildman–Crippen MR) is 73.6 cm³/mol. The number of nitrogens with two attached hydrogens (primary N) is 1. The van der Waals surface area contributed by atoms with Crippen LogP contribution >= 0.6 is 0 Å². The van der Waals surface area contributed by atoms with Gasteiger partial charge in [-0.25, -0.2) is 0 Å². The zero-order chi connectivity index (χ0) is 14.3. The largest absolute Gasteiger partial charge is 0.390 e. The standard InChI is InChI=1S/C13H19N3O3/c1-10(2)6-7-13(14)15-19-9-11-4-3-5-12(8-11)16(17)18/h3-5,8,10H,6-7,9H2,1-2H3,(H2,14,15). The van der Waals surface area contributed by atoms with E-state index in [2.05, 4.69) is 19.0 Å². The second-order valence-corrected chi connectivity index (χ2v) is 4.72. The lowest BCUT2D eigenvalue weighted by atomic mass is 10.1. The van der Waals surface area contributed by atoms with Crippen molar-refractivity contribution < 1.29 is 9.76 Å². The molecule has 0 aliphatic rings. The van der Waals surface area contributed by atoms with Crippen LogP contribution in [0, 0.1) is 16.0 Å². The maximum Gasteiger partial charge on any atom is 0.269 e. The lowest BCUT2D eigenvalue weighted by Crippen LogP contribution is -2.13. The summed E-state index contributed by atoms with van der Waals surface area (Å²) in [5.74, 6) is 1.00. The molecule has 19 heavy (non-hydrogen) atoms. The zero-order valence-electron chi connectivity index (χ0n) is 11.2. The highest BCUT2D eigenvalue weighted by atomic mass is 16.6. The highest BCUT2D eigenvalue weighted by molar-refractivity contribution is 5.79. The molecule has 1 rings (SSSR count). The van der Waals surface area contributed by atoms with Crippen molar-refractivity contribution in [2.45, 2.75) is 33.3 Å². The number of rotatable bonds is 7. The molecule has 0 unspecified atom stereocenters. The van der Waals surface area contributed by atoms with E-state index in [1.54, 1.807) is 12.1 Å². The van der Waals surface area contributed by atoms with Crippen molar-refractivity contribution in [2.24, 2.45) is 16.8 Å². The number of hydrogen-bond donors (Lipinski definition) is 1. The average Bonchev–Trinajstić information content (AvgIpc) is 2.36. The Kier molecular flexibility index (Phi) is 5.78. The normalized spacial score (nSPS) is 11.6. The number of benzene rings is 1. The first kappa shape index (κ1) is 14.9. The molecule has 0 aromatic heterocycles. The molecule has 1 aromatic rings. The fourth-order valence-corrected chi connectivity index (χ4v) is 1.43. The third-order valence-corrected chi connectivity index (χ3v) is 2.51.